The normalized spacial score (nSPS) is 12.1. The van der Waals surface area contributed by atoms with Gasteiger partial charge >= 0.3 is 0 Å². The van der Waals surface area contributed by atoms with Crippen LogP contribution in [-0.2, 0) is 0 Å². The summed E-state index contributed by atoms with van der Waals surface area (Å²) in [5.41, 5.74) is 17.3. The number of hydrogen-bond acceptors (Lipinski definition) is 10. The Kier molecular flexibility index (Phi) is 12.3. The summed E-state index contributed by atoms with van der Waals surface area (Å²) in [5.74, 6) is 3.56. The molecule has 0 aliphatic rings. The molecule has 22 aromatic rings. The summed E-state index contributed by atoms with van der Waals surface area (Å²) in [5, 5.41) is 13.1. The fourth-order valence-electron chi connectivity index (χ4n) is 15.8. The zero-order valence-corrected chi connectivity index (χ0v) is 55.7. The highest BCUT2D eigenvalue weighted by atomic mass is 32.1. The summed E-state index contributed by atoms with van der Waals surface area (Å²) in [6.45, 7) is 0. The first kappa shape index (κ1) is 56.7. The van der Waals surface area contributed by atoms with Gasteiger partial charge in [0.05, 0.1) is 33.4 Å². The highest BCUT2D eigenvalue weighted by Gasteiger charge is 2.29. The topological polar surface area (TPSA) is 113 Å². The van der Waals surface area contributed by atoms with Crippen molar-refractivity contribution in [1.29, 1.82) is 0 Å². The zero-order chi connectivity index (χ0) is 66.7. The summed E-state index contributed by atoms with van der Waals surface area (Å²) >= 11 is 3.63. The molecule has 0 aliphatic heterocycles. The Morgan fingerprint density at radius 3 is 1.31 bits per heavy atom. The van der Waals surface area contributed by atoms with E-state index in [0.717, 1.165) is 173 Å². The first-order valence-corrected chi connectivity index (χ1v) is 35.6. The quantitative estimate of drug-likeness (QED) is 0.140. The fourth-order valence-corrected chi connectivity index (χ4v) is 18.2. The van der Waals surface area contributed by atoms with Gasteiger partial charge in [0.2, 0.25) is 0 Å². The van der Waals surface area contributed by atoms with Crippen molar-refractivity contribution in [1.82, 2.24) is 39.0 Å². The summed E-state index contributed by atoms with van der Waals surface area (Å²) in [4.78, 5) is 31.0. The predicted molar refractivity (Wildman–Crippen MR) is 420 cm³/mol. The molecule has 8 aromatic heterocycles. The average molecular weight is 1340 g/mol. The Morgan fingerprint density at radius 2 is 0.706 bits per heavy atom. The van der Waals surface area contributed by atoms with Gasteiger partial charge in [0.25, 0.3) is 0 Å². The molecule has 0 amide bonds. The van der Waals surface area contributed by atoms with Gasteiger partial charge in [0.15, 0.2) is 34.9 Å². The minimum absolute atomic E-state index is 0.574. The number of para-hydroxylation sites is 3. The number of fused-ring (bicyclic) bond motifs is 20. The second kappa shape index (κ2) is 22.1. The lowest BCUT2D eigenvalue weighted by molar-refractivity contribution is 0.669. The largest absolute Gasteiger partial charge is 0.456 e. The molecule has 0 unspecified atom stereocenters. The van der Waals surface area contributed by atoms with E-state index in [4.69, 9.17) is 38.7 Å². The van der Waals surface area contributed by atoms with Crippen LogP contribution in [0.3, 0.4) is 0 Å². The molecule has 8 heterocycles. The van der Waals surface area contributed by atoms with Gasteiger partial charge < -0.3 is 18.0 Å². The van der Waals surface area contributed by atoms with Crippen molar-refractivity contribution in [3.05, 3.63) is 303 Å². The van der Waals surface area contributed by atoms with Crippen LogP contribution in [0.5, 0.6) is 0 Å². The number of rotatable bonds is 9. The van der Waals surface area contributed by atoms with Crippen LogP contribution in [0.2, 0.25) is 0 Å². The number of nitrogens with zero attached hydrogens (tertiary/aromatic N) is 8. The highest BCUT2D eigenvalue weighted by Crippen LogP contribution is 2.53. The number of thiophene rings is 2. The Hall–Kier alpha value is -13.3. The Labute approximate surface area is 588 Å². The van der Waals surface area contributed by atoms with E-state index >= 15 is 0 Å². The summed E-state index contributed by atoms with van der Waals surface area (Å²) in [6, 6.07) is 107. The van der Waals surface area contributed by atoms with Crippen molar-refractivity contribution >= 4 is 151 Å². The van der Waals surface area contributed by atoms with Gasteiger partial charge in [-0.2, -0.15) is 0 Å². The van der Waals surface area contributed by atoms with Crippen molar-refractivity contribution in [2.75, 3.05) is 0 Å². The van der Waals surface area contributed by atoms with Gasteiger partial charge in [-0.3, -0.25) is 0 Å². The maximum absolute atomic E-state index is 7.30. The molecule has 12 heteroatoms. The van der Waals surface area contributed by atoms with Gasteiger partial charge in [-0.1, -0.05) is 212 Å². The molecular formula is C90H50N8O2S2. The lowest BCUT2D eigenvalue weighted by Crippen LogP contribution is -2.00. The van der Waals surface area contributed by atoms with E-state index in [1.165, 1.54) is 10.8 Å². The molecule has 22 rings (SSSR count). The maximum Gasteiger partial charge on any atom is 0.164 e. The third-order valence-corrected chi connectivity index (χ3v) is 22.5. The molecule has 102 heavy (non-hydrogen) atoms. The molecule has 0 saturated carbocycles. The smallest absolute Gasteiger partial charge is 0.164 e. The van der Waals surface area contributed by atoms with E-state index in [2.05, 4.69) is 185 Å². The van der Waals surface area contributed by atoms with Gasteiger partial charge in [-0.05, 0) is 96.6 Å². The van der Waals surface area contributed by atoms with E-state index in [9.17, 15) is 0 Å². The molecule has 0 bridgehead atoms. The predicted octanol–water partition coefficient (Wildman–Crippen LogP) is 24.5. The molecule has 10 nitrogen and oxygen atoms in total. The number of furan rings is 2. The molecule has 0 spiro atoms. The van der Waals surface area contributed by atoms with Crippen LogP contribution in [0.1, 0.15) is 0 Å². The molecule has 0 saturated heterocycles. The minimum atomic E-state index is 0.574. The molecule has 0 aliphatic carbocycles. The van der Waals surface area contributed by atoms with E-state index in [-0.39, 0.29) is 0 Å². The standard InChI is InChI=1S/C90H50N8O2S2/c1-5-23-51(24-6-1)85-91-86(52-25-7-2-8-26-52)94-89(93-85)55-45-47-70-63(49-55)78-72(99-70)50-62(84-82(78)80-69(41-22-44-74(80)102-84)97-64-36-16-13-31-56(64)57-32-14-17-37-65(57)97)58-34-19-39-67-76(58)59-33-15-18-38-66(59)98(67)68-40-21-43-73-79(68)81-75(101-73)48-46-60-77-61(35-20-42-71(77)100-83(60)81)90-95-87(53-27-9-3-10-28-53)92-88(96-90)54-29-11-4-12-30-54/h1-50H. The average Bonchev–Trinajstić information content (AvgIpc) is 1.54. The van der Waals surface area contributed by atoms with E-state index < -0.39 is 0 Å². The summed E-state index contributed by atoms with van der Waals surface area (Å²) < 4.78 is 24.1. The Morgan fingerprint density at radius 1 is 0.235 bits per heavy atom. The lowest BCUT2D eigenvalue weighted by atomic mass is 9.95. The Bertz CT molecular complexity index is 7090. The van der Waals surface area contributed by atoms with Crippen molar-refractivity contribution in [2.45, 2.75) is 0 Å². The van der Waals surface area contributed by atoms with Crippen LogP contribution in [-0.4, -0.2) is 39.0 Å². The third-order valence-electron chi connectivity index (χ3n) is 20.2. The van der Waals surface area contributed by atoms with Crippen molar-refractivity contribution in [2.24, 2.45) is 0 Å². The fraction of sp³-hybridized carbons (Fsp3) is 0. The lowest BCUT2D eigenvalue weighted by Gasteiger charge is -2.12. The zero-order valence-electron chi connectivity index (χ0n) is 54.1. The molecule has 0 fully saturated rings. The second-order valence-electron chi connectivity index (χ2n) is 25.9. The monoisotopic (exact) mass is 1340 g/mol. The van der Waals surface area contributed by atoms with E-state index in [1.807, 2.05) is 139 Å². The third kappa shape index (κ3) is 8.51. The molecule has 0 N–H and O–H groups in total. The molecule has 474 valence electrons. The van der Waals surface area contributed by atoms with Gasteiger partial charge in [0, 0.05) is 122 Å². The highest BCUT2D eigenvalue weighted by molar-refractivity contribution is 7.27. The minimum Gasteiger partial charge on any atom is -0.456 e. The molecule has 0 radical (unpaired) electrons. The van der Waals surface area contributed by atoms with Gasteiger partial charge in [-0.15, -0.1) is 22.7 Å². The Balaban J connectivity index is 0.783. The van der Waals surface area contributed by atoms with Crippen LogP contribution >= 0.6 is 22.7 Å². The number of aromatic nitrogens is 8. The van der Waals surface area contributed by atoms with Crippen molar-refractivity contribution < 1.29 is 8.83 Å². The van der Waals surface area contributed by atoms with Crippen LogP contribution in [0, 0.1) is 0 Å². The van der Waals surface area contributed by atoms with Gasteiger partial charge in [-0.25, -0.2) is 29.9 Å². The van der Waals surface area contributed by atoms with E-state index in [0.29, 0.717) is 34.9 Å². The number of hydrogen-bond donors (Lipinski definition) is 0. The first-order chi connectivity index (χ1) is 50.6. The SMILES string of the molecule is c1ccc(-c2nc(-c3ccccc3)nc(-c3ccc4oc5cc(-c6cccc7c6c6ccccc6n7-c6cccc7sc8ccc9c(oc%10cccc(-c%11nc(-c%12ccccc%12)nc(-c%12ccccc%12)n%11)c%109)c8c67)c6sc7cccc(-n8c9ccccc9c9ccccc98)c7c6c5c4c3)n2)cc1. The van der Waals surface area contributed by atoms with Gasteiger partial charge in [0.1, 0.15) is 22.3 Å². The van der Waals surface area contributed by atoms with Crippen LogP contribution in [0.25, 0.3) is 219 Å². The van der Waals surface area contributed by atoms with Crippen molar-refractivity contribution in [3.63, 3.8) is 0 Å². The van der Waals surface area contributed by atoms with Crippen LogP contribution in [0.15, 0.2) is 312 Å². The molecular weight excluding hydrogens is 1290 g/mol. The second-order valence-corrected chi connectivity index (χ2v) is 28.0. The molecule has 0 atom stereocenters. The first-order valence-electron chi connectivity index (χ1n) is 34.0. The summed E-state index contributed by atoms with van der Waals surface area (Å²) in [7, 11) is 0. The summed E-state index contributed by atoms with van der Waals surface area (Å²) in [6.07, 6.45) is 0. The van der Waals surface area contributed by atoms with Crippen molar-refractivity contribution in [3.8, 4) is 90.8 Å². The van der Waals surface area contributed by atoms with E-state index in [1.54, 1.807) is 11.3 Å². The van der Waals surface area contributed by atoms with Crippen LogP contribution < -0.4 is 0 Å². The van der Waals surface area contributed by atoms with Crippen LogP contribution in [0.4, 0.5) is 0 Å². The maximum atomic E-state index is 7.30. The molecule has 14 aromatic carbocycles. The number of benzene rings is 14.